The molecule has 0 amide bonds. The molecule has 1 saturated carbocycles. The zero-order valence-electron chi connectivity index (χ0n) is 15.5. The lowest BCUT2D eigenvalue weighted by atomic mass is 9.89. The average molecular weight is 381 g/mol. The van der Waals surface area contributed by atoms with Crippen LogP contribution in [-0.2, 0) is 0 Å². The number of carbonyl (C=O) groups excluding carboxylic acids is 1. The number of rotatable bonds is 7. The fraction of sp³-hybridized carbons (Fsp3) is 0.333. The SMILES string of the molecule is O=C(Oc1ccc(C=NNCC2CCCCC2)cc1)c1cccc([N+](=O)[O-])c1. The van der Waals surface area contributed by atoms with Gasteiger partial charge in [-0.15, -0.1) is 0 Å². The maximum Gasteiger partial charge on any atom is 0.343 e. The van der Waals surface area contributed by atoms with Gasteiger partial charge in [0, 0.05) is 18.7 Å². The Hall–Kier alpha value is -3.22. The first-order valence-corrected chi connectivity index (χ1v) is 9.44. The van der Waals surface area contributed by atoms with Gasteiger partial charge in [0.1, 0.15) is 5.75 Å². The van der Waals surface area contributed by atoms with Gasteiger partial charge in [-0.05, 0) is 54.7 Å². The molecule has 0 unspecified atom stereocenters. The van der Waals surface area contributed by atoms with E-state index < -0.39 is 10.9 Å². The third-order valence-electron chi connectivity index (χ3n) is 4.79. The Kier molecular flexibility index (Phi) is 6.73. The van der Waals surface area contributed by atoms with Gasteiger partial charge in [-0.25, -0.2) is 4.79 Å². The highest BCUT2D eigenvalue weighted by Gasteiger charge is 2.14. The molecule has 7 heteroatoms. The second-order valence-electron chi connectivity index (χ2n) is 6.89. The summed E-state index contributed by atoms with van der Waals surface area (Å²) in [5.74, 6) is 0.435. The number of carbonyl (C=O) groups is 1. The van der Waals surface area contributed by atoms with Gasteiger partial charge in [0.05, 0.1) is 16.7 Å². The Morgan fingerprint density at radius 3 is 2.64 bits per heavy atom. The lowest BCUT2D eigenvalue weighted by Gasteiger charge is -2.20. The molecule has 0 heterocycles. The number of nitro benzene ring substituents is 1. The molecular weight excluding hydrogens is 358 g/mol. The molecule has 0 radical (unpaired) electrons. The summed E-state index contributed by atoms with van der Waals surface area (Å²) in [4.78, 5) is 22.4. The van der Waals surface area contributed by atoms with Crippen molar-refractivity contribution in [2.45, 2.75) is 32.1 Å². The minimum atomic E-state index is -0.640. The van der Waals surface area contributed by atoms with Gasteiger partial charge < -0.3 is 10.2 Å². The van der Waals surface area contributed by atoms with Crippen LogP contribution in [0.5, 0.6) is 5.75 Å². The summed E-state index contributed by atoms with van der Waals surface area (Å²) in [6.45, 7) is 0.898. The molecular formula is C21H23N3O4. The normalized spacial score (nSPS) is 14.7. The van der Waals surface area contributed by atoms with Crippen LogP contribution < -0.4 is 10.2 Å². The molecule has 0 aromatic heterocycles. The molecule has 2 aromatic carbocycles. The van der Waals surface area contributed by atoms with Crippen molar-refractivity contribution in [1.29, 1.82) is 0 Å². The fourth-order valence-electron chi connectivity index (χ4n) is 3.23. The van der Waals surface area contributed by atoms with Gasteiger partial charge in [0.25, 0.3) is 5.69 Å². The minimum absolute atomic E-state index is 0.131. The molecule has 28 heavy (non-hydrogen) atoms. The van der Waals surface area contributed by atoms with Crippen LogP contribution in [0.25, 0.3) is 0 Å². The number of hydrogen-bond donors (Lipinski definition) is 1. The number of nitrogens with one attached hydrogen (secondary N) is 1. The topological polar surface area (TPSA) is 93.8 Å². The standard InChI is InChI=1S/C21H23N3O4/c25-21(18-7-4-8-19(13-18)24(26)27)28-20-11-9-17(10-12-20)15-23-22-14-16-5-2-1-3-6-16/h4,7-13,15-16,22H,1-3,5-6,14H2. The van der Waals surface area contributed by atoms with Crippen LogP contribution in [0.1, 0.15) is 48.0 Å². The number of esters is 1. The van der Waals surface area contributed by atoms with Crippen molar-refractivity contribution in [2.24, 2.45) is 11.0 Å². The van der Waals surface area contributed by atoms with E-state index in [1.165, 1.54) is 56.4 Å². The molecule has 0 saturated heterocycles. The highest BCUT2D eigenvalue weighted by molar-refractivity contribution is 5.91. The zero-order chi connectivity index (χ0) is 19.8. The Labute approximate surface area is 163 Å². The molecule has 1 N–H and O–H groups in total. The lowest BCUT2D eigenvalue weighted by Crippen LogP contribution is -2.20. The summed E-state index contributed by atoms with van der Waals surface area (Å²) in [6.07, 6.45) is 8.24. The third-order valence-corrected chi connectivity index (χ3v) is 4.79. The molecule has 3 rings (SSSR count). The van der Waals surface area contributed by atoms with E-state index in [0.29, 0.717) is 11.7 Å². The van der Waals surface area contributed by atoms with Crippen molar-refractivity contribution >= 4 is 17.9 Å². The summed E-state index contributed by atoms with van der Waals surface area (Å²) in [5, 5.41) is 15.1. The van der Waals surface area contributed by atoms with Gasteiger partial charge in [-0.3, -0.25) is 10.1 Å². The molecule has 1 fully saturated rings. The van der Waals surface area contributed by atoms with Gasteiger partial charge in [-0.1, -0.05) is 25.3 Å². The maximum atomic E-state index is 12.2. The van der Waals surface area contributed by atoms with Crippen LogP contribution in [0.3, 0.4) is 0 Å². The third kappa shape index (κ3) is 5.64. The predicted molar refractivity (Wildman–Crippen MR) is 107 cm³/mol. The summed E-state index contributed by atoms with van der Waals surface area (Å²) in [6, 6.07) is 12.4. The van der Waals surface area contributed by atoms with Crippen molar-refractivity contribution in [1.82, 2.24) is 5.43 Å². The number of hydrogen-bond acceptors (Lipinski definition) is 6. The van der Waals surface area contributed by atoms with E-state index >= 15 is 0 Å². The monoisotopic (exact) mass is 381 g/mol. The number of nitro groups is 1. The van der Waals surface area contributed by atoms with Gasteiger partial charge in [-0.2, -0.15) is 5.10 Å². The first kappa shape index (κ1) is 19.5. The molecule has 0 atom stereocenters. The highest BCUT2D eigenvalue weighted by Crippen LogP contribution is 2.22. The van der Waals surface area contributed by atoms with Crippen molar-refractivity contribution in [3.05, 3.63) is 69.8 Å². The average Bonchev–Trinajstić information content (AvgIpc) is 2.73. The number of benzene rings is 2. The van der Waals surface area contributed by atoms with Crippen LogP contribution in [0, 0.1) is 16.0 Å². The van der Waals surface area contributed by atoms with Gasteiger partial charge >= 0.3 is 5.97 Å². The van der Waals surface area contributed by atoms with Crippen LogP contribution in [0.4, 0.5) is 5.69 Å². The summed E-state index contributed by atoms with van der Waals surface area (Å²) in [7, 11) is 0. The van der Waals surface area contributed by atoms with E-state index in [-0.39, 0.29) is 11.3 Å². The summed E-state index contributed by atoms with van der Waals surface area (Å²) < 4.78 is 5.27. The van der Waals surface area contributed by atoms with Crippen molar-refractivity contribution in [3.63, 3.8) is 0 Å². The Bertz CT molecular complexity index is 843. The quantitative estimate of drug-likeness (QED) is 0.253. The molecule has 146 valence electrons. The molecule has 0 bridgehead atoms. The van der Waals surface area contributed by atoms with Crippen LogP contribution in [-0.4, -0.2) is 23.7 Å². The fourth-order valence-corrected chi connectivity index (χ4v) is 3.23. The summed E-state index contributed by atoms with van der Waals surface area (Å²) in [5.41, 5.74) is 3.98. The second-order valence-corrected chi connectivity index (χ2v) is 6.89. The summed E-state index contributed by atoms with van der Waals surface area (Å²) >= 11 is 0. The van der Waals surface area contributed by atoms with E-state index in [1.807, 2.05) is 0 Å². The van der Waals surface area contributed by atoms with Crippen LogP contribution >= 0.6 is 0 Å². The number of non-ortho nitro benzene ring substituents is 1. The van der Waals surface area contributed by atoms with E-state index in [0.717, 1.165) is 12.1 Å². The van der Waals surface area contributed by atoms with Gasteiger partial charge in [0.2, 0.25) is 0 Å². The number of nitrogens with zero attached hydrogens (tertiary/aromatic N) is 2. The van der Waals surface area contributed by atoms with E-state index in [2.05, 4.69) is 10.5 Å². The molecule has 7 nitrogen and oxygen atoms in total. The van der Waals surface area contributed by atoms with E-state index in [4.69, 9.17) is 4.74 Å². The number of hydrazone groups is 1. The number of ether oxygens (including phenoxy) is 1. The lowest BCUT2D eigenvalue weighted by molar-refractivity contribution is -0.384. The zero-order valence-corrected chi connectivity index (χ0v) is 15.5. The smallest absolute Gasteiger partial charge is 0.343 e. The first-order valence-electron chi connectivity index (χ1n) is 9.44. The predicted octanol–water partition coefficient (Wildman–Crippen LogP) is 4.32. The van der Waals surface area contributed by atoms with Crippen LogP contribution in [0.2, 0.25) is 0 Å². The van der Waals surface area contributed by atoms with Crippen molar-refractivity contribution < 1.29 is 14.5 Å². The Morgan fingerprint density at radius 1 is 1.18 bits per heavy atom. The molecule has 1 aliphatic carbocycles. The largest absolute Gasteiger partial charge is 0.423 e. The van der Waals surface area contributed by atoms with E-state index in [1.54, 1.807) is 30.5 Å². The minimum Gasteiger partial charge on any atom is -0.423 e. The maximum absolute atomic E-state index is 12.2. The highest BCUT2D eigenvalue weighted by atomic mass is 16.6. The Morgan fingerprint density at radius 2 is 1.93 bits per heavy atom. The van der Waals surface area contributed by atoms with Crippen molar-refractivity contribution in [2.75, 3.05) is 6.54 Å². The molecule has 0 aliphatic heterocycles. The van der Waals surface area contributed by atoms with Crippen LogP contribution in [0.15, 0.2) is 53.6 Å². The van der Waals surface area contributed by atoms with E-state index in [9.17, 15) is 14.9 Å². The molecule has 0 spiro atoms. The van der Waals surface area contributed by atoms with Gasteiger partial charge in [0.15, 0.2) is 0 Å². The first-order chi connectivity index (χ1) is 13.6. The molecule has 1 aliphatic rings. The van der Waals surface area contributed by atoms with Crippen molar-refractivity contribution in [3.8, 4) is 5.75 Å². The Balaban J connectivity index is 1.51. The molecule has 2 aromatic rings. The second kappa shape index (κ2) is 9.64.